The first kappa shape index (κ1) is 10.2. The fourth-order valence-corrected chi connectivity index (χ4v) is 3.91. The summed E-state index contributed by atoms with van der Waals surface area (Å²) in [7, 11) is 0. The highest BCUT2D eigenvalue weighted by Crippen LogP contribution is 2.54. The Bertz CT molecular complexity index is 300. The molecule has 0 aliphatic heterocycles. The quantitative estimate of drug-likeness (QED) is 0.712. The Morgan fingerprint density at radius 2 is 2.31 bits per heavy atom. The van der Waals surface area contributed by atoms with Crippen LogP contribution in [0.25, 0.3) is 0 Å². The first-order valence-electron chi connectivity index (χ1n) is 4.50. The molecule has 0 saturated heterocycles. The van der Waals surface area contributed by atoms with E-state index in [-0.39, 0.29) is 0 Å². The second-order valence-corrected chi connectivity index (χ2v) is 7.08. The summed E-state index contributed by atoms with van der Waals surface area (Å²) in [6, 6.07) is 2.15. The van der Waals surface area contributed by atoms with Crippen molar-refractivity contribution in [2.24, 2.45) is 5.41 Å². The van der Waals surface area contributed by atoms with Gasteiger partial charge in [0.05, 0.1) is 0 Å². The van der Waals surface area contributed by atoms with Crippen molar-refractivity contribution >= 4 is 43.2 Å². The number of alkyl halides is 1. The third kappa shape index (κ3) is 2.02. The van der Waals surface area contributed by atoms with E-state index in [1.165, 1.54) is 28.6 Å². The molecule has 1 unspecified atom stereocenters. The van der Waals surface area contributed by atoms with E-state index in [2.05, 4.69) is 50.2 Å². The van der Waals surface area contributed by atoms with Crippen LogP contribution in [0.15, 0.2) is 15.9 Å². The van der Waals surface area contributed by atoms with Gasteiger partial charge >= 0.3 is 0 Å². The summed E-state index contributed by atoms with van der Waals surface area (Å²) in [5, 5.41) is 2.16. The van der Waals surface area contributed by atoms with Gasteiger partial charge in [-0.05, 0) is 52.1 Å². The van der Waals surface area contributed by atoms with E-state index in [9.17, 15) is 0 Å². The largest absolute Gasteiger partial charge is 0.148 e. The third-order valence-electron chi connectivity index (χ3n) is 2.94. The van der Waals surface area contributed by atoms with Gasteiger partial charge < -0.3 is 0 Å². The molecule has 0 spiro atoms. The number of halogens is 2. The molecule has 1 aliphatic rings. The number of hydrogen-bond donors (Lipinski definition) is 0. The summed E-state index contributed by atoms with van der Waals surface area (Å²) in [6.07, 6.45) is 3.99. The SMILES string of the molecule is CC(Br)C1(Cc2sccc2Br)CC1. The van der Waals surface area contributed by atoms with Crippen molar-refractivity contribution in [3.63, 3.8) is 0 Å². The molecule has 3 heteroatoms. The molecule has 1 aromatic heterocycles. The molecular weight excluding hydrogens is 312 g/mol. The van der Waals surface area contributed by atoms with Crippen molar-refractivity contribution in [3.05, 3.63) is 20.8 Å². The van der Waals surface area contributed by atoms with Gasteiger partial charge in [0.25, 0.3) is 0 Å². The van der Waals surface area contributed by atoms with Crippen LogP contribution < -0.4 is 0 Å². The zero-order chi connectivity index (χ0) is 9.47. The molecule has 0 aromatic carbocycles. The Hall–Kier alpha value is 0.660. The fraction of sp³-hybridized carbons (Fsp3) is 0.600. The minimum Gasteiger partial charge on any atom is -0.148 e. The fourth-order valence-electron chi connectivity index (χ4n) is 1.65. The maximum Gasteiger partial charge on any atom is 0.0314 e. The summed E-state index contributed by atoms with van der Waals surface area (Å²) in [6.45, 7) is 2.27. The predicted octanol–water partition coefficient (Wildman–Crippen LogP) is 4.62. The summed E-state index contributed by atoms with van der Waals surface area (Å²) in [4.78, 5) is 2.15. The standard InChI is InChI=1S/C10H12Br2S/c1-7(11)10(3-4-10)6-9-8(12)2-5-13-9/h2,5,7H,3-4,6H2,1H3. The Balaban J connectivity index is 2.10. The van der Waals surface area contributed by atoms with Crippen LogP contribution in [-0.2, 0) is 6.42 Å². The number of hydrogen-bond acceptors (Lipinski definition) is 1. The zero-order valence-corrected chi connectivity index (χ0v) is 11.5. The maximum absolute atomic E-state index is 3.72. The summed E-state index contributed by atoms with van der Waals surface area (Å²) < 4.78 is 1.29. The van der Waals surface area contributed by atoms with Crippen LogP contribution >= 0.6 is 43.2 Å². The first-order chi connectivity index (χ1) is 6.14. The smallest absolute Gasteiger partial charge is 0.0314 e. The van der Waals surface area contributed by atoms with Gasteiger partial charge in [-0.1, -0.05) is 22.9 Å². The molecule has 1 aromatic rings. The lowest BCUT2D eigenvalue weighted by atomic mass is 9.98. The van der Waals surface area contributed by atoms with E-state index in [4.69, 9.17) is 0 Å². The van der Waals surface area contributed by atoms with Crippen LogP contribution in [0.1, 0.15) is 24.6 Å². The molecular formula is C10H12Br2S. The molecule has 0 N–H and O–H groups in total. The Kier molecular flexibility index (Phi) is 2.87. The molecule has 0 radical (unpaired) electrons. The van der Waals surface area contributed by atoms with E-state index in [1.807, 2.05) is 11.3 Å². The summed E-state index contributed by atoms with van der Waals surface area (Å²) in [5.41, 5.74) is 0.563. The number of thiophene rings is 1. The molecule has 2 rings (SSSR count). The van der Waals surface area contributed by atoms with Gasteiger partial charge in [0.15, 0.2) is 0 Å². The predicted molar refractivity (Wildman–Crippen MR) is 65.8 cm³/mol. The molecule has 0 nitrogen and oxygen atoms in total. The average molecular weight is 324 g/mol. The van der Waals surface area contributed by atoms with Crippen LogP contribution in [0.3, 0.4) is 0 Å². The van der Waals surface area contributed by atoms with Crippen molar-refractivity contribution in [1.82, 2.24) is 0 Å². The van der Waals surface area contributed by atoms with Gasteiger partial charge in [0.1, 0.15) is 0 Å². The molecule has 13 heavy (non-hydrogen) atoms. The lowest BCUT2D eigenvalue weighted by Gasteiger charge is -2.17. The maximum atomic E-state index is 3.72. The lowest BCUT2D eigenvalue weighted by Crippen LogP contribution is -2.14. The molecule has 1 saturated carbocycles. The summed E-state index contributed by atoms with van der Waals surface area (Å²) in [5.74, 6) is 0. The van der Waals surface area contributed by atoms with Crippen molar-refractivity contribution in [1.29, 1.82) is 0 Å². The van der Waals surface area contributed by atoms with Crippen LogP contribution in [-0.4, -0.2) is 4.83 Å². The molecule has 0 bridgehead atoms. The monoisotopic (exact) mass is 322 g/mol. The van der Waals surface area contributed by atoms with Crippen LogP contribution in [0.2, 0.25) is 0 Å². The minimum atomic E-state index is 0.563. The molecule has 72 valence electrons. The molecule has 1 aliphatic carbocycles. The van der Waals surface area contributed by atoms with E-state index in [0.29, 0.717) is 10.2 Å². The normalized spacial score (nSPS) is 21.5. The highest BCUT2D eigenvalue weighted by molar-refractivity contribution is 9.10. The van der Waals surface area contributed by atoms with Gasteiger partial charge in [0, 0.05) is 14.2 Å². The van der Waals surface area contributed by atoms with E-state index in [1.54, 1.807) is 0 Å². The lowest BCUT2D eigenvalue weighted by molar-refractivity contribution is 0.512. The van der Waals surface area contributed by atoms with Crippen LogP contribution in [0, 0.1) is 5.41 Å². The Morgan fingerprint density at radius 3 is 2.69 bits per heavy atom. The van der Waals surface area contributed by atoms with Crippen molar-refractivity contribution in [3.8, 4) is 0 Å². The molecule has 0 amide bonds. The highest BCUT2D eigenvalue weighted by Gasteiger charge is 2.46. The van der Waals surface area contributed by atoms with E-state index >= 15 is 0 Å². The minimum absolute atomic E-state index is 0.563. The molecule has 1 heterocycles. The first-order valence-corrected chi connectivity index (χ1v) is 7.09. The molecule has 1 fully saturated rings. The average Bonchev–Trinajstić information content (AvgIpc) is 2.74. The third-order valence-corrected chi connectivity index (χ3v) is 5.84. The van der Waals surface area contributed by atoms with Gasteiger partial charge in [-0.25, -0.2) is 0 Å². The van der Waals surface area contributed by atoms with Crippen molar-refractivity contribution < 1.29 is 0 Å². The van der Waals surface area contributed by atoms with Crippen molar-refractivity contribution in [2.45, 2.75) is 31.0 Å². The Labute approximate surface area is 100.0 Å². The Morgan fingerprint density at radius 1 is 1.62 bits per heavy atom. The van der Waals surface area contributed by atoms with E-state index < -0.39 is 0 Å². The highest BCUT2D eigenvalue weighted by atomic mass is 79.9. The van der Waals surface area contributed by atoms with Gasteiger partial charge in [-0.2, -0.15) is 0 Å². The van der Waals surface area contributed by atoms with Gasteiger partial charge in [0.2, 0.25) is 0 Å². The second-order valence-electron chi connectivity index (χ2n) is 3.85. The zero-order valence-electron chi connectivity index (χ0n) is 7.52. The topological polar surface area (TPSA) is 0 Å². The second kappa shape index (κ2) is 3.67. The van der Waals surface area contributed by atoms with Gasteiger partial charge in [-0.15, -0.1) is 11.3 Å². The summed E-state index contributed by atoms with van der Waals surface area (Å²) >= 11 is 9.18. The van der Waals surface area contributed by atoms with E-state index in [0.717, 1.165) is 0 Å². The van der Waals surface area contributed by atoms with Crippen molar-refractivity contribution in [2.75, 3.05) is 0 Å². The molecule has 1 atom stereocenters. The van der Waals surface area contributed by atoms with Crippen LogP contribution in [0.5, 0.6) is 0 Å². The van der Waals surface area contributed by atoms with Gasteiger partial charge in [-0.3, -0.25) is 0 Å². The number of rotatable bonds is 3. The van der Waals surface area contributed by atoms with Crippen LogP contribution in [0.4, 0.5) is 0 Å².